The minimum atomic E-state index is -1.02. The van der Waals surface area contributed by atoms with Crippen LogP contribution in [0.5, 0.6) is 0 Å². The number of hydrogen-bond donors (Lipinski definition) is 0. The molecule has 4 heteroatoms. The molecule has 1 unspecified atom stereocenters. The fourth-order valence-electron chi connectivity index (χ4n) is 3.09. The molecule has 0 aromatic rings. The third-order valence-electron chi connectivity index (χ3n) is 4.00. The Kier molecular flexibility index (Phi) is 4.70. The molecule has 0 N–H and O–H groups in total. The lowest BCUT2D eigenvalue weighted by molar-refractivity contribution is -0.484. The van der Waals surface area contributed by atoms with Gasteiger partial charge < -0.3 is 14.2 Å². The van der Waals surface area contributed by atoms with Gasteiger partial charge in [0.25, 0.3) is 5.97 Å². The third kappa shape index (κ3) is 2.99. The number of ether oxygens (including phenoxy) is 3. The summed E-state index contributed by atoms with van der Waals surface area (Å²) in [5, 5.41) is 9.40. The molecule has 3 saturated heterocycles. The van der Waals surface area contributed by atoms with Crippen LogP contribution in [0.1, 0.15) is 46.0 Å². The van der Waals surface area contributed by atoms with Crippen molar-refractivity contribution in [2.45, 2.75) is 58.0 Å². The predicted molar refractivity (Wildman–Crippen MR) is 74.3 cm³/mol. The van der Waals surface area contributed by atoms with Crippen molar-refractivity contribution < 1.29 is 14.2 Å². The first-order valence-corrected chi connectivity index (χ1v) is 7.35. The van der Waals surface area contributed by atoms with Crippen LogP contribution in [0.25, 0.3) is 0 Å². The Bertz CT molecular complexity index is 410. The van der Waals surface area contributed by atoms with Gasteiger partial charge in [0.1, 0.15) is 0 Å². The van der Waals surface area contributed by atoms with E-state index in [1.165, 1.54) is 0 Å². The number of nitrogens with zero attached hydrogens (tertiary/aromatic N) is 1. The van der Waals surface area contributed by atoms with Crippen LogP contribution >= 0.6 is 0 Å². The minimum absolute atomic E-state index is 0.316. The summed E-state index contributed by atoms with van der Waals surface area (Å²) in [4.78, 5) is 0. The summed E-state index contributed by atoms with van der Waals surface area (Å²) in [6.07, 6.45) is 8.84. The summed E-state index contributed by atoms with van der Waals surface area (Å²) in [6, 6.07) is 2.29. The fraction of sp³-hybridized carbons (Fsp3) is 0.812. The van der Waals surface area contributed by atoms with Crippen molar-refractivity contribution in [3.63, 3.8) is 0 Å². The molecule has 0 aromatic carbocycles. The first kappa shape index (κ1) is 15.3. The highest BCUT2D eigenvalue weighted by atomic mass is 16.9. The Morgan fingerprint density at radius 2 is 2.00 bits per heavy atom. The van der Waals surface area contributed by atoms with Crippen LogP contribution in [0.4, 0.5) is 0 Å². The highest BCUT2D eigenvalue weighted by Crippen LogP contribution is 2.47. The van der Waals surface area contributed by atoms with Crippen molar-refractivity contribution in [2.24, 2.45) is 11.3 Å². The largest absolute Gasteiger partial charge is 0.327 e. The van der Waals surface area contributed by atoms with Gasteiger partial charge in [-0.05, 0) is 25.2 Å². The van der Waals surface area contributed by atoms with E-state index in [0.29, 0.717) is 25.6 Å². The van der Waals surface area contributed by atoms with Gasteiger partial charge in [0, 0.05) is 12.8 Å². The van der Waals surface area contributed by atoms with Gasteiger partial charge in [-0.25, -0.2) is 0 Å². The zero-order valence-corrected chi connectivity index (χ0v) is 12.4. The van der Waals surface area contributed by atoms with E-state index in [-0.39, 0.29) is 5.41 Å². The van der Waals surface area contributed by atoms with E-state index in [1.54, 1.807) is 0 Å². The number of unbranched alkanes of at least 4 members (excludes halogenated alkanes) is 2. The van der Waals surface area contributed by atoms with E-state index < -0.39 is 12.1 Å². The molecule has 3 heterocycles. The van der Waals surface area contributed by atoms with E-state index in [9.17, 15) is 5.26 Å². The van der Waals surface area contributed by atoms with Gasteiger partial charge >= 0.3 is 0 Å². The molecule has 4 nitrogen and oxygen atoms in total. The summed E-state index contributed by atoms with van der Waals surface area (Å²) in [6.45, 7) is 5.36. The number of rotatable bonds is 6. The summed E-state index contributed by atoms with van der Waals surface area (Å²) >= 11 is 0. The quantitative estimate of drug-likeness (QED) is 0.553. The summed E-state index contributed by atoms with van der Waals surface area (Å²) in [5.74, 6) is 2.07. The van der Waals surface area contributed by atoms with E-state index in [1.807, 2.05) is 0 Å². The van der Waals surface area contributed by atoms with E-state index in [0.717, 1.165) is 25.7 Å². The Labute approximate surface area is 121 Å². The third-order valence-corrected chi connectivity index (χ3v) is 4.00. The second-order valence-electron chi connectivity index (χ2n) is 6.26. The summed E-state index contributed by atoms with van der Waals surface area (Å²) in [5.41, 5.74) is -0.316. The van der Waals surface area contributed by atoms with Crippen molar-refractivity contribution in [2.75, 3.05) is 13.2 Å². The molecule has 0 radical (unpaired) electrons. The molecule has 0 amide bonds. The molecule has 3 aliphatic heterocycles. The second kappa shape index (κ2) is 6.14. The van der Waals surface area contributed by atoms with Gasteiger partial charge in [0.15, 0.2) is 6.10 Å². The molecule has 0 aliphatic carbocycles. The Balaban J connectivity index is 1.99. The summed E-state index contributed by atoms with van der Waals surface area (Å²) in [7, 11) is 0. The maximum atomic E-state index is 9.40. The maximum absolute atomic E-state index is 9.40. The van der Waals surface area contributed by atoms with Gasteiger partial charge in [-0.1, -0.05) is 13.8 Å². The van der Waals surface area contributed by atoms with Crippen LogP contribution in [0.15, 0.2) is 0 Å². The Hall–Kier alpha value is -1.07. The molecule has 2 bridgehead atoms. The van der Waals surface area contributed by atoms with Crippen LogP contribution in [-0.4, -0.2) is 25.3 Å². The van der Waals surface area contributed by atoms with Crippen molar-refractivity contribution in [1.82, 2.24) is 0 Å². The van der Waals surface area contributed by atoms with E-state index in [4.69, 9.17) is 20.6 Å². The maximum Gasteiger partial charge on any atom is 0.284 e. The molecule has 3 rings (SSSR count). The standard InChI is InChI=1S/C16H23NO3/c1-4-5-6-7-8-16-18-11-15(12-19-16,9-13(2)3)14(10-17)20-16/h1,13-14H,5-9,11-12H2,2-3H3. The molecular formula is C16H23NO3. The van der Waals surface area contributed by atoms with Crippen LogP contribution in [-0.2, 0) is 14.2 Å². The van der Waals surface area contributed by atoms with Gasteiger partial charge in [-0.2, -0.15) is 5.26 Å². The predicted octanol–water partition coefficient (Wildman–Crippen LogP) is 2.84. The average Bonchev–Trinajstić information content (AvgIpc) is 2.44. The monoisotopic (exact) mass is 277 g/mol. The molecule has 3 aliphatic rings. The molecule has 0 aromatic heterocycles. The normalized spacial score (nSPS) is 35.8. The molecule has 0 saturated carbocycles. The number of nitriles is 1. The zero-order valence-electron chi connectivity index (χ0n) is 12.4. The molecule has 0 spiro atoms. The van der Waals surface area contributed by atoms with E-state index in [2.05, 4.69) is 25.8 Å². The van der Waals surface area contributed by atoms with E-state index >= 15 is 0 Å². The Morgan fingerprint density at radius 3 is 2.55 bits per heavy atom. The van der Waals surface area contributed by atoms with Gasteiger partial charge in [-0.15, -0.1) is 12.3 Å². The second-order valence-corrected chi connectivity index (χ2v) is 6.26. The molecule has 1 atom stereocenters. The van der Waals surface area contributed by atoms with Crippen LogP contribution in [0.3, 0.4) is 0 Å². The first-order chi connectivity index (χ1) is 9.56. The van der Waals surface area contributed by atoms with Crippen molar-refractivity contribution >= 4 is 0 Å². The van der Waals surface area contributed by atoms with Crippen molar-refractivity contribution in [3.05, 3.63) is 0 Å². The Morgan fingerprint density at radius 1 is 1.30 bits per heavy atom. The fourth-order valence-corrected chi connectivity index (χ4v) is 3.09. The van der Waals surface area contributed by atoms with Crippen LogP contribution in [0, 0.1) is 35.0 Å². The van der Waals surface area contributed by atoms with Crippen molar-refractivity contribution in [1.29, 1.82) is 5.26 Å². The molecule has 110 valence electrons. The average molecular weight is 277 g/mol. The molecule has 20 heavy (non-hydrogen) atoms. The molecule has 3 fully saturated rings. The van der Waals surface area contributed by atoms with Crippen LogP contribution in [0.2, 0.25) is 0 Å². The lowest BCUT2D eigenvalue weighted by Gasteiger charge is -2.54. The van der Waals surface area contributed by atoms with Gasteiger partial charge in [0.05, 0.1) is 24.7 Å². The lowest BCUT2D eigenvalue weighted by Crippen LogP contribution is -2.64. The smallest absolute Gasteiger partial charge is 0.284 e. The number of hydrogen-bond acceptors (Lipinski definition) is 4. The highest BCUT2D eigenvalue weighted by molar-refractivity contribution is 5.05. The zero-order chi connectivity index (χ0) is 14.6. The molecular weight excluding hydrogens is 254 g/mol. The van der Waals surface area contributed by atoms with Gasteiger partial charge in [-0.3, -0.25) is 0 Å². The number of terminal acetylenes is 1. The minimum Gasteiger partial charge on any atom is -0.327 e. The highest BCUT2D eigenvalue weighted by Gasteiger charge is 2.58. The van der Waals surface area contributed by atoms with Crippen LogP contribution < -0.4 is 0 Å². The summed E-state index contributed by atoms with van der Waals surface area (Å²) < 4.78 is 17.5. The number of fused-ring (bicyclic) bond motifs is 3. The first-order valence-electron chi connectivity index (χ1n) is 7.35. The lowest BCUT2D eigenvalue weighted by atomic mass is 9.75. The SMILES string of the molecule is C#CCCCCC12OCC(CC(C)C)(CO1)C(C#N)O2. The topological polar surface area (TPSA) is 51.5 Å². The van der Waals surface area contributed by atoms with Gasteiger partial charge in [0.2, 0.25) is 0 Å². The van der Waals surface area contributed by atoms with Crippen molar-refractivity contribution in [3.8, 4) is 18.4 Å².